The zero-order valence-corrected chi connectivity index (χ0v) is 25.3. The van der Waals surface area contributed by atoms with Crippen LogP contribution in [0.25, 0.3) is 6.08 Å². The van der Waals surface area contributed by atoms with E-state index in [9.17, 15) is 19.2 Å². The minimum atomic E-state index is -0.856. The predicted molar refractivity (Wildman–Crippen MR) is 163 cm³/mol. The van der Waals surface area contributed by atoms with Gasteiger partial charge in [0.2, 0.25) is 11.8 Å². The molecule has 43 heavy (non-hydrogen) atoms. The number of ketones is 2. The number of methoxy groups -OCH3 is 1. The van der Waals surface area contributed by atoms with Gasteiger partial charge < -0.3 is 20.1 Å². The molecule has 2 aromatic carbocycles. The van der Waals surface area contributed by atoms with E-state index in [1.165, 1.54) is 0 Å². The number of carbonyl (C=O) groups is 4. The monoisotopic (exact) mass is 586 g/mol. The fraction of sp³-hybridized carbons (Fsp3) is 0.486. The zero-order chi connectivity index (χ0) is 30.6. The highest BCUT2D eigenvalue weighted by Gasteiger charge is 2.50. The Kier molecular flexibility index (Phi) is 9.45. The lowest BCUT2D eigenvalue weighted by Crippen LogP contribution is -2.49. The smallest absolute Gasteiger partial charge is 0.248 e. The van der Waals surface area contributed by atoms with Gasteiger partial charge in [0, 0.05) is 24.3 Å². The average Bonchev–Trinajstić information content (AvgIpc) is 3.36. The minimum absolute atomic E-state index is 0.0727. The molecule has 0 aromatic heterocycles. The van der Waals surface area contributed by atoms with Gasteiger partial charge in [0.1, 0.15) is 11.4 Å². The number of benzene rings is 2. The molecule has 2 N–H and O–H groups in total. The second-order valence-electron chi connectivity index (χ2n) is 12.5. The highest BCUT2D eigenvalue weighted by Crippen LogP contribution is 2.34. The Labute approximate surface area is 253 Å². The fourth-order valence-electron chi connectivity index (χ4n) is 6.24. The summed E-state index contributed by atoms with van der Waals surface area (Å²) in [4.78, 5) is 53.7. The van der Waals surface area contributed by atoms with Crippen molar-refractivity contribution in [1.82, 2.24) is 10.6 Å². The van der Waals surface area contributed by atoms with Gasteiger partial charge >= 0.3 is 0 Å². The van der Waals surface area contributed by atoms with Gasteiger partial charge in [0.05, 0.1) is 25.8 Å². The number of epoxide rings is 1. The highest BCUT2D eigenvalue weighted by atomic mass is 16.6. The Hall–Kier alpha value is -3.78. The van der Waals surface area contributed by atoms with Crippen molar-refractivity contribution in [2.45, 2.75) is 82.9 Å². The van der Waals surface area contributed by atoms with Gasteiger partial charge in [0.25, 0.3) is 0 Å². The molecule has 2 amide bonds. The maximum absolute atomic E-state index is 13.8. The summed E-state index contributed by atoms with van der Waals surface area (Å²) in [5, 5.41) is 5.87. The van der Waals surface area contributed by atoms with Crippen LogP contribution in [0, 0.1) is 11.8 Å². The maximum atomic E-state index is 13.8. The third-order valence-electron chi connectivity index (χ3n) is 9.12. The van der Waals surface area contributed by atoms with Gasteiger partial charge in [-0.2, -0.15) is 0 Å². The van der Waals surface area contributed by atoms with E-state index in [0.29, 0.717) is 43.1 Å². The predicted octanol–water partition coefficient (Wildman–Crippen LogP) is 4.38. The summed E-state index contributed by atoms with van der Waals surface area (Å²) < 4.78 is 10.7. The molecule has 1 heterocycles. The van der Waals surface area contributed by atoms with E-state index in [0.717, 1.165) is 42.4 Å². The van der Waals surface area contributed by atoms with Crippen LogP contribution in [-0.4, -0.2) is 54.8 Å². The fourth-order valence-corrected chi connectivity index (χ4v) is 6.24. The van der Waals surface area contributed by atoms with Gasteiger partial charge in [-0.3, -0.25) is 19.2 Å². The summed E-state index contributed by atoms with van der Waals surface area (Å²) in [6.45, 7) is 3.78. The van der Waals surface area contributed by atoms with E-state index in [-0.39, 0.29) is 29.8 Å². The molecular formula is C35H42N2O6. The second kappa shape index (κ2) is 13.2. The molecule has 0 unspecified atom stereocenters. The first-order valence-corrected chi connectivity index (χ1v) is 15.4. The summed E-state index contributed by atoms with van der Waals surface area (Å²) in [5.41, 5.74) is 2.71. The van der Waals surface area contributed by atoms with Crippen molar-refractivity contribution in [3.05, 3.63) is 70.8 Å². The molecule has 8 nitrogen and oxygen atoms in total. The molecule has 2 aliphatic carbocycles. The second-order valence-corrected chi connectivity index (χ2v) is 12.5. The van der Waals surface area contributed by atoms with Crippen molar-refractivity contribution in [3.8, 4) is 5.75 Å². The molecular weight excluding hydrogens is 544 g/mol. The number of nitrogens with one attached hydrogen (secondary N) is 2. The Morgan fingerprint density at radius 3 is 2.37 bits per heavy atom. The van der Waals surface area contributed by atoms with Crippen molar-refractivity contribution in [2.24, 2.45) is 11.8 Å². The minimum Gasteiger partial charge on any atom is -0.497 e. The van der Waals surface area contributed by atoms with Crippen LogP contribution < -0.4 is 15.4 Å². The standard InChI is InChI=1S/C35H42N2O6/c1-22(36-33(40)28-18-25-10-6-7-11-26(25)19-28)31(38)20-27(16-24-12-14-29(42-3)15-13-24)34(41)37-30(17-23-8-4-5-9-23)32(39)35(2)21-43-35/h6-7,10-15,18,22-23,27,30H,4-5,8-9,16-17,19-21H2,1-3H3,(H,36,40)(H,37,41)/t22-,27-,30+,35-/m1/s1. The number of amides is 2. The van der Waals surface area contributed by atoms with E-state index in [4.69, 9.17) is 9.47 Å². The van der Waals surface area contributed by atoms with Crippen molar-refractivity contribution in [2.75, 3.05) is 13.7 Å². The third kappa shape index (κ3) is 7.60. The van der Waals surface area contributed by atoms with E-state index in [1.54, 1.807) is 21.0 Å². The normalized spacial score (nSPS) is 21.2. The Morgan fingerprint density at radius 2 is 1.72 bits per heavy atom. The average molecular weight is 587 g/mol. The zero-order valence-electron chi connectivity index (χ0n) is 25.3. The van der Waals surface area contributed by atoms with Crippen molar-refractivity contribution < 1.29 is 28.7 Å². The summed E-state index contributed by atoms with van der Waals surface area (Å²) in [5.74, 6) is -0.611. The number of carbonyl (C=O) groups excluding carboxylic acids is 4. The van der Waals surface area contributed by atoms with E-state index in [2.05, 4.69) is 10.6 Å². The topological polar surface area (TPSA) is 114 Å². The summed E-state index contributed by atoms with van der Waals surface area (Å²) in [7, 11) is 1.59. The summed E-state index contributed by atoms with van der Waals surface area (Å²) >= 11 is 0. The Bertz CT molecular complexity index is 1390. The van der Waals surface area contributed by atoms with E-state index >= 15 is 0 Å². The van der Waals surface area contributed by atoms with Crippen molar-refractivity contribution in [1.29, 1.82) is 0 Å². The first-order valence-electron chi connectivity index (χ1n) is 15.4. The van der Waals surface area contributed by atoms with Gasteiger partial charge in [-0.15, -0.1) is 0 Å². The van der Waals surface area contributed by atoms with E-state index in [1.807, 2.05) is 54.6 Å². The number of rotatable bonds is 14. The highest BCUT2D eigenvalue weighted by molar-refractivity contribution is 6.03. The van der Waals surface area contributed by atoms with Gasteiger partial charge in [-0.05, 0) is 67.5 Å². The molecule has 1 saturated heterocycles. The van der Waals surface area contributed by atoms with Gasteiger partial charge in [-0.1, -0.05) is 62.1 Å². The van der Waals surface area contributed by atoms with Crippen molar-refractivity contribution in [3.63, 3.8) is 0 Å². The van der Waals surface area contributed by atoms with Crippen LogP contribution in [0.5, 0.6) is 5.75 Å². The first-order chi connectivity index (χ1) is 20.6. The molecule has 3 aliphatic rings. The van der Waals surface area contributed by atoms with Crippen LogP contribution in [0.3, 0.4) is 0 Å². The van der Waals surface area contributed by atoms with Crippen LogP contribution in [0.1, 0.15) is 69.1 Å². The molecule has 2 fully saturated rings. The molecule has 1 aliphatic heterocycles. The van der Waals surface area contributed by atoms with Crippen LogP contribution in [0.4, 0.5) is 0 Å². The maximum Gasteiger partial charge on any atom is 0.248 e. The first kappa shape index (κ1) is 30.7. The SMILES string of the molecule is COc1ccc(C[C@H](CC(=O)[C@@H](C)NC(=O)C2=Cc3ccccc3C2)C(=O)N[C@@H](CC2CCCC2)C(=O)[C@@]2(C)CO2)cc1. The molecule has 8 heteroatoms. The molecule has 0 bridgehead atoms. The largest absolute Gasteiger partial charge is 0.497 e. The third-order valence-corrected chi connectivity index (χ3v) is 9.12. The number of ether oxygens (including phenoxy) is 2. The molecule has 4 atom stereocenters. The Morgan fingerprint density at radius 1 is 1.02 bits per heavy atom. The van der Waals surface area contributed by atoms with Gasteiger partial charge in [-0.25, -0.2) is 0 Å². The number of hydrogen-bond donors (Lipinski definition) is 2. The van der Waals surface area contributed by atoms with Crippen LogP contribution in [0.15, 0.2) is 54.1 Å². The lowest BCUT2D eigenvalue weighted by Gasteiger charge is -2.26. The number of fused-ring (bicyclic) bond motifs is 1. The Balaban J connectivity index is 1.28. The molecule has 0 spiro atoms. The molecule has 228 valence electrons. The van der Waals surface area contributed by atoms with E-state index < -0.39 is 23.6 Å². The molecule has 5 rings (SSSR count). The molecule has 0 radical (unpaired) electrons. The lowest BCUT2D eigenvalue weighted by atomic mass is 9.88. The number of hydrogen-bond acceptors (Lipinski definition) is 6. The lowest BCUT2D eigenvalue weighted by molar-refractivity contribution is -0.134. The molecule has 2 aromatic rings. The molecule has 1 saturated carbocycles. The van der Waals surface area contributed by atoms with Crippen LogP contribution in [0.2, 0.25) is 0 Å². The quantitative estimate of drug-likeness (QED) is 0.318. The number of Topliss-reactive ketones (excluding diaryl/α,β-unsaturated/α-hetero) is 2. The van der Waals surface area contributed by atoms with Crippen LogP contribution in [-0.2, 0) is 36.8 Å². The summed E-state index contributed by atoms with van der Waals surface area (Å²) in [6, 6.07) is 13.8. The van der Waals surface area contributed by atoms with Crippen LogP contribution >= 0.6 is 0 Å². The van der Waals surface area contributed by atoms with Crippen molar-refractivity contribution >= 4 is 29.5 Å². The van der Waals surface area contributed by atoms with Gasteiger partial charge in [0.15, 0.2) is 11.6 Å². The summed E-state index contributed by atoms with van der Waals surface area (Å²) in [6.07, 6.45) is 7.54.